The van der Waals surface area contributed by atoms with Crippen molar-refractivity contribution in [1.29, 1.82) is 0 Å². The van der Waals surface area contributed by atoms with E-state index >= 15 is 0 Å². The lowest BCUT2D eigenvalue weighted by molar-refractivity contribution is 0.0827. The van der Waals surface area contributed by atoms with Crippen molar-refractivity contribution in [3.63, 3.8) is 0 Å². The molecule has 2 aliphatic heterocycles. The van der Waals surface area contributed by atoms with E-state index < -0.39 is 0 Å². The molecule has 0 aliphatic carbocycles. The quantitative estimate of drug-likeness (QED) is 0.807. The van der Waals surface area contributed by atoms with E-state index in [4.69, 9.17) is 0 Å². The molecule has 2 fully saturated rings. The summed E-state index contributed by atoms with van der Waals surface area (Å²) in [6, 6.07) is 3.77. The summed E-state index contributed by atoms with van der Waals surface area (Å²) in [5.74, 6) is 1.58. The molecule has 0 spiro atoms. The second-order valence-corrected chi connectivity index (χ2v) is 8.17. The summed E-state index contributed by atoms with van der Waals surface area (Å²) in [4.78, 5) is 25.3. The van der Waals surface area contributed by atoms with Crippen molar-refractivity contribution in [3.05, 3.63) is 23.9 Å². The van der Waals surface area contributed by atoms with Gasteiger partial charge in [0.25, 0.3) is 5.91 Å². The Morgan fingerprint density at radius 2 is 1.96 bits per heavy atom. The molecule has 2 atom stereocenters. The molecule has 1 aromatic heterocycles. The van der Waals surface area contributed by atoms with Crippen LogP contribution >= 0.6 is 0 Å². The van der Waals surface area contributed by atoms with Gasteiger partial charge in [-0.05, 0) is 44.6 Å². The third-order valence-corrected chi connectivity index (χ3v) is 5.84. The number of hydrogen-bond donors (Lipinski definition) is 1. The first kappa shape index (κ1) is 20.0. The maximum absolute atomic E-state index is 12.0. The van der Waals surface area contributed by atoms with E-state index in [1.54, 1.807) is 25.2 Å². The SMILES string of the molecule is CN1CCCN(C[C@@H]2CN(c3ccc(C(=O)N(C)C)cn3)C[C@@H]2CO)CC1. The second kappa shape index (κ2) is 8.99. The van der Waals surface area contributed by atoms with E-state index in [2.05, 4.69) is 26.7 Å². The molecule has 2 saturated heterocycles. The van der Waals surface area contributed by atoms with Gasteiger partial charge in [-0.1, -0.05) is 0 Å². The molecule has 1 amide bonds. The van der Waals surface area contributed by atoms with Crippen molar-refractivity contribution in [2.45, 2.75) is 6.42 Å². The smallest absolute Gasteiger partial charge is 0.254 e. The number of aliphatic hydroxyl groups excluding tert-OH is 1. The average molecular weight is 376 g/mol. The molecule has 0 aromatic carbocycles. The molecule has 0 unspecified atom stereocenters. The Kier molecular flexibility index (Phi) is 6.68. The minimum atomic E-state index is -0.0345. The van der Waals surface area contributed by atoms with Crippen molar-refractivity contribution in [1.82, 2.24) is 19.7 Å². The summed E-state index contributed by atoms with van der Waals surface area (Å²) in [6.07, 6.45) is 2.86. The van der Waals surface area contributed by atoms with Gasteiger partial charge in [0.15, 0.2) is 0 Å². The zero-order valence-corrected chi connectivity index (χ0v) is 16.8. The fraction of sp³-hybridized carbons (Fsp3) is 0.700. The van der Waals surface area contributed by atoms with Crippen LogP contribution in [-0.2, 0) is 0 Å². The Bertz CT molecular complexity index is 621. The van der Waals surface area contributed by atoms with Crippen LogP contribution in [0, 0.1) is 11.8 Å². The number of carbonyl (C=O) groups excluding carboxylic acids is 1. The summed E-state index contributed by atoms with van der Waals surface area (Å²) in [5, 5.41) is 9.88. The Balaban J connectivity index is 1.62. The number of pyridine rings is 1. The van der Waals surface area contributed by atoms with Crippen LogP contribution < -0.4 is 4.90 Å². The Hall–Kier alpha value is -1.70. The number of aliphatic hydroxyl groups is 1. The lowest BCUT2D eigenvalue weighted by Crippen LogP contribution is -2.36. The van der Waals surface area contributed by atoms with Crippen LogP contribution in [0.3, 0.4) is 0 Å². The largest absolute Gasteiger partial charge is 0.396 e. The maximum atomic E-state index is 12.0. The van der Waals surface area contributed by atoms with Gasteiger partial charge in [0.1, 0.15) is 5.82 Å². The van der Waals surface area contributed by atoms with Crippen molar-refractivity contribution < 1.29 is 9.90 Å². The van der Waals surface area contributed by atoms with Crippen LogP contribution in [0.5, 0.6) is 0 Å². The number of anilines is 1. The monoisotopic (exact) mass is 375 g/mol. The minimum absolute atomic E-state index is 0.0345. The van der Waals surface area contributed by atoms with Gasteiger partial charge in [0, 0.05) is 65.5 Å². The van der Waals surface area contributed by atoms with Gasteiger partial charge in [0.05, 0.1) is 5.56 Å². The topological polar surface area (TPSA) is 63.2 Å². The number of hydrogen-bond acceptors (Lipinski definition) is 6. The lowest BCUT2D eigenvalue weighted by Gasteiger charge is -2.26. The third-order valence-electron chi connectivity index (χ3n) is 5.84. The highest BCUT2D eigenvalue weighted by Crippen LogP contribution is 2.28. The van der Waals surface area contributed by atoms with Gasteiger partial charge in [-0.15, -0.1) is 0 Å². The molecular weight excluding hydrogens is 342 g/mol. The summed E-state index contributed by atoms with van der Waals surface area (Å²) in [6.45, 7) is 7.50. The second-order valence-electron chi connectivity index (χ2n) is 8.17. The molecule has 2 aliphatic rings. The van der Waals surface area contributed by atoms with E-state index in [1.165, 1.54) is 13.0 Å². The Morgan fingerprint density at radius 1 is 1.19 bits per heavy atom. The highest BCUT2D eigenvalue weighted by atomic mass is 16.3. The summed E-state index contributed by atoms with van der Waals surface area (Å²) in [7, 11) is 5.68. The lowest BCUT2D eigenvalue weighted by atomic mass is 9.96. The number of amides is 1. The molecule has 3 rings (SSSR count). The van der Waals surface area contributed by atoms with Crippen LogP contribution in [0.2, 0.25) is 0 Å². The number of aromatic nitrogens is 1. The molecule has 3 heterocycles. The van der Waals surface area contributed by atoms with Crippen LogP contribution in [0.25, 0.3) is 0 Å². The molecule has 1 N–H and O–H groups in total. The first-order chi connectivity index (χ1) is 13.0. The van der Waals surface area contributed by atoms with E-state index in [0.717, 1.165) is 45.1 Å². The fourth-order valence-corrected chi connectivity index (χ4v) is 4.11. The third kappa shape index (κ3) is 4.97. The van der Waals surface area contributed by atoms with Crippen molar-refractivity contribution >= 4 is 11.7 Å². The standard InChI is InChI=1S/C20H33N5O2/c1-22(2)20(27)16-5-6-19(21-11-16)25-13-17(18(14-25)15-26)12-24-8-4-7-23(3)9-10-24/h5-6,11,17-18,26H,4,7-10,12-15H2,1-3H3/t17-,18-/m1/s1. The molecule has 27 heavy (non-hydrogen) atoms. The Labute approximate surface area is 162 Å². The predicted molar refractivity (Wildman–Crippen MR) is 107 cm³/mol. The predicted octanol–water partition coefficient (Wildman–Crippen LogP) is 0.466. The van der Waals surface area contributed by atoms with Crippen molar-refractivity contribution in [2.75, 3.05) is 78.5 Å². The molecular formula is C20H33N5O2. The van der Waals surface area contributed by atoms with Crippen molar-refractivity contribution in [3.8, 4) is 0 Å². The van der Waals surface area contributed by atoms with E-state index in [1.807, 2.05) is 12.1 Å². The molecule has 0 saturated carbocycles. The van der Waals surface area contributed by atoms with E-state index in [9.17, 15) is 9.90 Å². The van der Waals surface area contributed by atoms with Crippen LogP contribution in [0.1, 0.15) is 16.8 Å². The van der Waals surface area contributed by atoms with Gasteiger partial charge < -0.3 is 24.7 Å². The first-order valence-corrected chi connectivity index (χ1v) is 9.92. The van der Waals surface area contributed by atoms with Crippen LogP contribution in [-0.4, -0.2) is 104 Å². The van der Waals surface area contributed by atoms with E-state index in [-0.39, 0.29) is 18.4 Å². The van der Waals surface area contributed by atoms with Crippen LogP contribution in [0.4, 0.5) is 5.82 Å². The summed E-state index contributed by atoms with van der Waals surface area (Å²) >= 11 is 0. The normalized spacial score (nSPS) is 24.8. The van der Waals surface area contributed by atoms with Gasteiger partial charge in [-0.3, -0.25) is 4.79 Å². The fourth-order valence-electron chi connectivity index (χ4n) is 4.11. The van der Waals surface area contributed by atoms with E-state index in [0.29, 0.717) is 11.5 Å². The zero-order valence-electron chi connectivity index (χ0n) is 16.8. The molecule has 0 radical (unpaired) electrons. The van der Waals surface area contributed by atoms with Gasteiger partial charge in [0.2, 0.25) is 0 Å². The van der Waals surface area contributed by atoms with Gasteiger partial charge in [-0.2, -0.15) is 0 Å². The molecule has 150 valence electrons. The highest BCUT2D eigenvalue weighted by molar-refractivity contribution is 5.93. The number of nitrogens with zero attached hydrogens (tertiary/aromatic N) is 5. The zero-order chi connectivity index (χ0) is 19.4. The Morgan fingerprint density at radius 3 is 2.63 bits per heavy atom. The van der Waals surface area contributed by atoms with Crippen LogP contribution in [0.15, 0.2) is 18.3 Å². The first-order valence-electron chi connectivity index (χ1n) is 9.92. The number of carbonyl (C=O) groups is 1. The highest BCUT2D eigenvalue weighted by Gasteiger charge is 2.34. The molecule has 1 aromatic rings. The van der Waals surface area contributed by atoms with Crippen molar-refractivity contribution in [2.24, 2.45) is 11.8 Å². The number of rotatable bonds is 5. The number of likely N-dealkylation sites (N-methyl/N-ethyl adjacent to an activating group) is 1. The summed E-state index contributed by atoms with van der Waals surface area (Å²) in [5.41, 5.74) is 0.604. The average Bonchev–Trinajstić information content (AvgIpc) is 2.96. The minimum Gasteiger partial charge on any atom is -0.396 e. The van der Waals surface area contributed by atoms with Gasteiger partial charge >= 0.3 is 0 Å². The molecule has 7 heteroatoms. The summed E-state index contributed by atoms with van der Waals surface area (Å²) < 4.78 is 0. The molecule has 0 bridgehead atoms. The maximum Gasteiger partial charge on any atom is 0.254 e. The molecule has 7 nitrogen and oxygen atoms in total. The van der Waals surface area contributed by atoms with Gasteiger partial charge in [-0.25, -0.2) is 4.98 Å².